The van der Waals surface area contributed by atoms with Crippen LogP contribution in [0.25, 0.3) is 0 Å². The molecule has 6 fully saturated rings. The number of hydrogen-bond donors (Lipinski definition) is 0. The summed E-state index contributed by atoms with van der Waals surface area (Å²) in [5.74, 6) is -0.876. The first-order valence-corrected chi connectivity index (χ1v) is 8.01. The SMILES string of the molecule is O=C(O[I-]OC(=O)C12CC(F)(C1)C2)C12CC(F)(C1)C2. The number of carbonyl (C=O) groups is 2. The van der Waals surface area contributed by atoms with Crippen molar-refractivity contribution >= 4 is 11.9 Å². The molecule has 6 rings (SSSR count). The Balaban J connectivity index is 1.22. The third-order valence-electron chi connectivity index (χ3n) is 5.00. The van der Waals surface area contributed by atoms with E-state index >= 15 is 0 Å². The second kappa shape index (κ2) is 3.23. The minimum atomic E-state index is -1.46. The summed E-state index contributed by atoms with van der Waals surface area (Å²) in [5, 5.41) is 0. The molecule has 0 N–H and O–H groups in total. The molecule has 0 aromatic heterocycles. The van der Waals surface area contributed by atoms with Crippen molar-refractivity contribution in [3.05, 3.63) is 0 Å². The van der Waals surface area contributed by atoms with E-state index in [4.69, 9.17) is 6.13 Å². The maximum absolute atomic E-state index is 13.3. The van der Waals surface area contributed by atoms with Gasteiger partial charge in [-0.3, -0.25) is 0 Å². The normalized spacial score (nSPS) is 52.1. The van der Waals surface area contributed by atoms with Gasteiger partial charge in [-0.15, -0.1) is 0 Å². The molecule has 0 aliphatic heterocycles. The van der Waals surface area contributed by atoms with E-state index in [1.807, 2.05) is 0 Å². The van der Waals surface area contributed by atoms with E-state index in [1.165, 1.54) is 0 Å². The Morgan fingerprint density at radius 3 is 1.37 bits per heavy atom. The van der Waals surface area contributed by atoms with Gasteiger partial charge in [-0.2, -0.15) is 0 Å². The summed E-state index contributed by atoms with van der Waals surface area (Å²) in [5.41, 5.74) is -3.56. The average Bonchev–Trinajstić information content (AvgIpc) is 2.17. The number of halogens is 3. The van der Waals surface area contributed by atoms with Crippen LogP contribution in [0.3, 0.4) is 0 Å². The monoisotopic (exact) mass is 385 g/mol. The summed E-state index contributed by atoms with van der Waals surface area (Å²) in [6, 6.07) is 0. The van der Waals surface area contributed by atoms with Crippen molar-refractivity contribution in [1.82, 2.24) is 0 Å². The predicted octanol–water partition coefficient (Wildman–Crippen LogP) is -1.22. The van der Waals surface area contributed by atoms with Crippen molar-refractivity contribution in [2.24, 2.45) is 10.8 Å². The van der Waals surface area contributed by atoms with Crippen molar-refractivity contribution in [3.8, 4) is 0 Å². The van der Waals surface area contributed by atoms with Gasteiger partial charge in [-0.05, 0) is 0 Å². The van der Waals surface area contributed by atoms with Gasteiger partial charge in [0, 0.05) is 0 Å². The van der Waals surface area contributed by atoms with Crippen LogP contribution < -0.4 is 22.0 Å². The van der Waals surface area contributed by atoms with Crippen molar-refractivity contribution < 1.29 is 46.5 Å². The summed E-state index contributed by atoms with van der Waals surface area (Å²) < 4.78 is 36.5. The zero-order valence-electron chi connectivity index (χ0n) is 10.0. The minimum absolute atomic E-state index is 0.241. The van der Waals surface area contributed by atoms with Gasteiger partial charge >= 0.3 is 119 Å². The Morgan fingerprint density at radius 2 is 1.11 bits per heavy atom. The van der Waals surface area contributed by atoms with Gasteiger partial charge in [0.1, 0.15) is 0 Å². The summed E-state index contributed by atoms with van der Waals surface area (Å²) in [6.07, 6.45) is 1.45. The van der Waals surface area contributed by atoms with Gasteiger partial charge in [0.15, 0.2) is 0 Å². The van der Waals surface area contributed by atoms with Crippen molar-refractivity contribution in [1.29, 1.82) is 0 Å². The van der Waals surface area contributed by atoms with E-state index in [2.05, 4.69) is 0 Å². The summed E-state index contributed by atoms with van der Waals surface area (Å²) in [7, 11) is 0. The van der Waals surface area contributed by atoms with Crippen molar-refractivity contribution in [3.63, 3.8) is 0 Å². The van der Waals surface area contributed by atoms with Crippen LogP contribution in [0.15, 0.2) is 0 Å². The van der Waals surface area contributed by atoms with E-state index in [1.54, 1.807) is 0 Å². The first-order chi connectivity index (χ1) is 8.79. The standard InChI is InChI=1S/C12H12F2IO4/c13-11-1-9(2-11,3-11)7(16)18-15-19-8(17)10-4-12(14,5-10)6-10/h1-6H2/q-1. The molecule has 0 heterocycles. The molecule has 0 aromatic carbocycles. The molecule has 6 aliphatic carbocycles. The first-order valence-electron chi connectivity index (χ1n) is 6.25. The second-order valence-corrected chi connectivity index (χ2v) is 7.96. The van der Waals surface area contributed by atoms with Crippen LogP contribution in [-0.2, 0) is 15.7 Å². The van der Waals surface area contributed by atoms with Gasteiger partial charge in [-0.1, -0.05) is 0 Å². The molecule has 0 amide bonds. The fourth-order valence-electron chi connectivity index (χ4n) is 4.00. The van der Waals surface area contributed by atoms with Crippen LogP contribution in [0.2, 0.25) is 0 Å². The Morgan fingerprint density at radius 1 is 0.789 bits per heavy atom. The molecule has 7 heteroatoms. The Hall–Kier alpha value is -0.470. The fourth-order valence-corrected chi connectivity index (χ4v) is 5.35. The zero-order valence-corrected chi connectivity index (χ0v) is 12.2. The van der Waals surface area contributed by atoms with E-state index in [0.717, 1.165) is 0 Å². The molecule has 6 saturated carbocycles. The molecule has 4 bridgehead atoms. The molecular formula is C12H12F2IO4-. The molecule has 106 valence electrons. The number of alkyl halides is 2. The van der Waals surface area contributed by atoms with E-state index < -0.39 is 56.1 Å². The third kappa shape index (κ3) is 1.48. The molecule has 0 radical (unpaired) electrons. The Kier molecular flexibility index (Phi) is 2.09. The Bertz CT molecular complexity index is 422. The summed E-state index contributed by atoms with van der Waals surface area (Å²) >= 11 is -1.46. The molecule has 4 nitrogen and oxygen atoms in total. The van der Waals surface area contributed by atoms with Gasteiger partial charge in [0.05, 0.1) is 0 Å². The third-order valence-corrected chi connectivity index (χ3v) is 6.16. The summed E-state index contributed by atoms with van der Waals surface area (Å²) in [4.78, 5) is 23.4. The van der Waals surface area contributed by atoms with Crippen LogP contribution in [0.4, 0.5) is 8.78 Å². The zero-order chi connectivity index (χ0) is 13.5. The van der Waals surface area contributed by atoms with Crippen LogP contribution >= 0.6 is 0 Å². The molecule has 0 unspecified atom stereocenters. The van der Waals surface area contributed by atoms with Crippen molar-refractivity contribution in [2.45, 2.75) is 49.9 Å². The van der Waals surface area contributed by atoms with Crippen LogP contribution in [0, 0.1) is 10.8 Å². The van der Waals surface area contributed by atoms with E-state index in [9.17, 15) is 18.4 Å². The molecule has 0 saturated heterocycles. The van der Waals surface area contributed by atoms with Gasteiger partial charge in [-0.25, -0.2) is 0 Å². The van der Waals surface area contributed by atoms with Crippen LogP contribution in [0.5, 0.6) is 0 Å². The summed E-state index contributed by atoms with van der Waals surface area (Å²) in [6.45, 7) is 0. The van der Waals surface area contributed by atoms with Crippen LogP contribution in [-0.4, -0.2) is 23.3 Å². The molecular weight excluding hydrogens is 373 g/mol. The quantitative estimate of drug-likeness (QED) is 0.570. The molecule has 19 heavy (non-hydrogen) atoms. The predicted molar refractivity (Wildman–Crippen MR) is 52.4 cm³/mol. The molecule has 6 aliphatic rings. The van der Waals surface area contributed by atoms with Gasteiger partial charge < -0.3 is 0 Å². The number of rotatable bonds is 4. The second-order valence-electron chi connectivity index (χ2n) is 6.72. The number of hydrogen-bond acceptors (Lipinski definition) is 4. The molecule has 0 spiro atoms. The number of carbonyl (C=O) groups excluding carboxylic acids is 2. The van der Waals surface area contributed by atoms with E-state index in [0.29, 0.717) is 0 Å². The first kappa shape index (κ1) is 12.3. The topological polar surface area (TPSA) is 52.6 Å². The molecule has 0 atom stereocenters. The van der Waals surface area contributed by atoms with E-state index in [-0.39, 0.29) is 38.5 Å². The van der Waals surface area contributed by atoms with Gasteiger partial charge in [0.25, 0.3) is 0 Å². The maximum atomic E-state index is 13.3. The average molecular weight is 385 g/mol. The van der Waals surface area contributed by atoms with Crippen molar-refractivity contribution in [2.75, 3.05) is 0 Å². The van der Waals surface area contributed by atoms with Gasteiger partial charge in [0.2, 0.25) is 0 Å². The van der Waals surface area contributed by atoms with Crippen LogP contribution in [0.1, 0.15) is 38.5 Å². The fraction of sp³-hybridized carbons (Fsp3) is 0.833. The Labute approximate surface area is 119 Å². The molecule has 0 aromatic rings.